The van der Waals surface area contributed by atoms with Crippen molar-refractivity contribution in [3.63, 3.8) is 0 Å². The number of nitrogens with zero attached hydrogens (tertiary/aromatic N) is 2. The zero-order chi connectivity index (χ0) is 16.1. The van der Waals surface area contributed by atoms with Gasteiger partial charge in [0.1, 0.15) is 12.3 Å². The van der Waals surface area contributed by atoms with Crippen LogP contribution in [0.1, 0.15) is 37.7 Å². The van der Waals surface area contributed by atoms with Gasteiger partial charge in [0.15, 0.2) is 0 Å². The van der Waals surface area contributed by atoms with Crippen molar-refractivity contribution in [2.75, 3.05) is 7.11 Å². The summed E-state index contributed by atoms with van der Waals surface area (Å²) in [5.41, 5.74) is 0.902. The zero-order valence-electron chi connectivity index (χ0n) is 13.5. The fourth-order valence-corrected chi connectivity index (χ4v) is 3.40. The van der Waals surface area contributed by atoms with Gasteiger partial charge in [0, 0.05) is 12.4 Å². The predicted octanol–water partition coefficient (Wildman–Crippen LogP) is 2.87. The third kappa shape index (κ3) is 3.55. The van der Waals surface area contributed by atoms with Gasteiger partial charge in [-0.1, -0.05) is 31.4 Å². The summed E-state index contributed by atoms with van der Waals surface area (Å²) in [6, 6.07) is 8.07. The molecule has 1 saturated carbocycles. The molecule has 0 bridgehead atoms. The lowest BCUT2D eigenvalue weighted by atomic mass is 9.76. The summed E-state index contributed by atoms with van der Waals surface area (Å²) >= 11 is 0. The van der Waals surface area contributed by atoms with Gasteiger partial charge in [0.2, 0.25) is 5.91 Å². The van der Waals surface area contributed by atoms with Crippen LogP contribution in [0.5, 0.6) is 5.75 Å². The van der Waals surface area contributed by atoms with E-state index >= 15 is 0 Å². The summed E-state index contributed by atoms with van der Waals surface area (Å²) in [7, 11) is 1.66. The lowest BCUT2D eigenvalue weighted by molar-refractivity contribution is -0.124. The number of amides is 1. The van der Waals surface area contributed by atoms with E-state index in [1.807, 2.05) is 12.1 Å². The highest BCUT2D eigenvalue weighted by Crippen LogP contribution is 2.37. The lowest BCUT2D eigenvalue weighted by Crippen LogP contribution is -2.48. The number of aromatic nitrogens is 2. The average molecular weight is 313 g/mol. The molecule has 0 atom stereocenters. The molecule has 1 fully saturated rings. The van der Waals surface area contributed by atoms with Crippen molar-refractivity contribution in [1.82, 2.24) is 14.9 Å². The fraction of sp³-hybridized carbons (Fsp3) is 0.444. The highest BCUT2D eigenvalue weighted by molar-refractivity contribution is 5.77. The van der Waals surface area contributed by atoms with Crippen LogP contribution in [0.25, 0.3) is 0 Å². The normalized spacial score (nSPS) is 16.7. The van der Waals surface area contributed by atoms with Gasteiger partial charge in [0.05, 0.1) is 19.0 Å². The maximum atomic E-state index is 12.5. The van der Waals surface area contributed by atoms with E-state index in [4.69, 9.17) is 4.74 Å². The Kier molecular flexibility index (Phi) is 4.65. The first-order valence-electron chi connectivity index (χ1n) is 8.13. The van der Waals surface area contributed by atoms with Crippen molar-refractivity contribution in [3.05, 3.63) is 48.5 Å². The number of imidazole rings is 1. The highest BCUT2D eigenvalue weighted by atomic mass is 16.5. The molecule has 1 aromatic carbocycles. The second kappa shape index (κ2) is 6.86. The SMILES string of the molecule is COc1ccc(C2(NC(=O)Cn3ccnc3)CCCCC2)cc1. The monoisotopic (exact) mass is 313 g/mol. The van der Waals surface area contributed by atoms with Crippen LogP contribution in [0.2, 0.25) is 0 Å². The standard InChI is InChI=1S/C18H23N3O2/c1-23-16-7-5-15(6-8-16)18(9-3-2-4-10-18)20-17(22)13-21-12-11-19-14-21/h5-8,11-12,14H,2-4,9-10,13H2,1H3,(H,20,22). The molecule has 1 heterocycles. The van der Waals surface area contributed by atoms with E-state index in [1.54, 1.807) is 30.4 Å². The van der Waals surface area contributed by atoms with Gasteiger partial charge in [-0.2, -0.15) is 0 Å². The van der Waals surface area contributed by atoms with Gasteiger partial charge < -0.3 is 14.6 Å². The Morgan fingerprint density at radius 3 is 2.61 bits per heavy atom. The Balaban J connectivity index is 1.79. The molecule has 0 radical (unpaired) electrons. The summed E-state index contributed by atoms with van der Waals surface area (Å²) in [4.78, 5) is 16.5. The van der Waals surface area contributed by atoms with Crippen molar-refractivity contribution in [3.8, 4) is 5.75 Å². The summed E-state index contributed by atoms with van der Waals surface area (Å²) < 4.78 is 7.03. The van der Waals surface area contributed by atoms with Crippen molar-refractivity contribution < 1.29 is 9.53 Å². The van der Waals surface area contributed by atoms with Crippen LogP contribution < -0.4 is 10.1 Å². The fourth-order valence-electron chi connectivity index (χ4n) is 3.40. The second-order valence-corrected chi connectivity index (χ2v) is 6.15. The third-order valence-electron chi connectivity index (χ3n) is 4.61. The number of benzene rings is 1. The Morgan fingerprint density at radius 2 is 2.00 bits per heavy atom. The molecule has 23 heavy (non-hydrogen) atoms. The molecule has 1 aliphatic rings. The number of ether oxygens (including phenoxy) is 1. The molecule has 0 unspecified atom stereocenters. The van der Waals surface area contributed by atoms with E-state index < -0.39 is 0 Å². The van der Waals surface area contributed by atoms with Gasteiger partial charge >= 0.3 is 0 Å². The maximum Gasteiger partial charge on any atom is 0.240 e. The largest absolute Gasteiger partial charge is 0.497 e. The van der Waals surface area contributed by atoms with Crippen LogP contribution in [0, 0.1) is 0 Å². The Labute approximate surface area is 136 Å². The first kappa shape index (κ1) is 15.6. The first-order valence-corrected chi connectivity index (χ1v) is 8.13. The zero-order valence-corrected chi connectivity index (χ0v) is 13.5. The molecule has 1 amide bonds. The third-order valence-corrected chi connectivity index (χ3v) is 4.61. The molecule has 5 nitrogen and oxygen atoms in total. The molecule has 5 heteroatoms. The van der Waals surface area contributed by atoms with E-state index in [1.165, 1.54) is 6.42 Å². The first-order chi connectivity index (χ1) is 11.2. The number of hydrogen-bond acceptors (Lipinski definition) is 3. The van der Waals surface area contributed by atoms with Gasteiger partial charge in [0.25, 0.3) is 0 Å². The van der Waals surface area contributed by atoms with Crippen LogP contribution >= 0.6 is 0 Å². The summed E-state index contributed by atoms with van der Waals surface area (Å²) in [5, 5.41) is 3.30. The Hall–Kier alpha value is -2.30. The van der Waals surface area contributed by atoms with Gasteiger partial charge in [-0.25, -0.2) is 4.98 Å². The summed E-state index contributed by atoms with van der Waals surface area (Å²) in [6.45, 7) is 0.303. The van der Waals surface area contributed by atoms with E-state index in [0.29, 0.717) is 6.54 Å². The number of carbonyl (C=O) groups is 1. The van der Waals surface area contributed by atoms with Crippen molar-refractivity contribution in [2.45, 2.75) is 44.2 Å². The van der Waals surface area contributed by atoms with Crippen LogP contribution in [-0.4, -0.2) is 22.6 Å². The summed E-state index contributed by atoms with van der Waals surface area (Å²) in [6.07, 6.45) is 10.6. The molecule has 1 N–H and O–H groups in total. The molecular weight excluding hydrogens is 290 g/mol. The minimum Gasteiger partial charge on any atom is -0.497 e. The number of methoxy groups -OCH3 is 1. The van der Waals surface area contributed by atoms with Crippen LogP contribution in [-0.2, 0) is 16.9 Å². The molecule has 2 aromatic rings. The molecule has 122 valence electrons. The molecule has 0 spiro atoms. The van der Waals surface area contributed by atoms with Gasteiger partial charge in [-0.05, 0) is 30.5 Å². The van der Waals surface area contributed by atoms with E-state index in [0.717, 1.165) is 37.0 Å². The number of rotatable bonds is 5. The quantitative estimate of drug-likeness (QED) is 0.923. The van der Waals surface area contributed by atoms with Crippen molar-refractivity contribution in [2.24, 2.45) is 0 Å². The molecule has 3 rings (SSSR count). The maximum absolute atomic E-state index is 12.5. The minimum absolute atomic E-state index is 0.0284. The highest BCUT2D eigenvalue weighted by Gasteiger charge is 2.35. The van der Waals surface area contributed by atoms with Gasteiger partial charge in [-0.15, -0.1) is 0 Å². The van der Waals surface area contributed by atoms with Crippen molar-refractivity contribution >= 4 is 5.91 Å². The number of carbonyl (C=O) groups excluding carboxylic acids is 1. The Morgan fingerprint density at radius 1 is 1.26 bits per heavy atom. The predicted molar refractivity (Wildman–Crippen MR) is 88.1 cm³/mol. The van der Waals surface area contributed by atoms with E-state index in [9.17, 15) is 4.79 Å². The molecule has 0 saturated heterocycles. The topological polar surface area (TPSA) is 56.1 Å². The van der Waals surface area contributed by atoms with Crippen molar-refractivity contribution in [1.29, 1.82) is 0 Å². The van der Waals surface area contributed by atoms with Crippen LogP contribution in [0.4, 0.5) is 0 Å². The molecular formula is C18H23N3O2. The van der Waals surface area contributed by atoms with Gasteiger partial charge in [-0.3, -0.25) is 4.79 Å². The molecule has 0 aliphatic heterocycles. The van der Waals surface area contributed by atoms with Crippen LogP contribution in [0.15, 0.2) is 43.0 Å². The smallest absolute Gasteiger partial charge is 0.240 e. The Bertz CT molecular complexity index is 629. The average Bonchev–Trinajstić information content (AvgIpc) is 3.08. The van der Waals surface area contributed by atoms with E-state index in [-0.39, 0.29) is 11.4 Å². The molecule has 1 aromatic heterocycles. The second-order valence-electron chi connectivity index (χ2n) is 6.15. The number of hydrogen-bond donors (Lipinski definition) is 1. The summed E-state index contributed by atoms with van der Waals surface area (Å²) in [5.74, 6) is 0.866. The lowest BCUT2D eigenvalue weighted by Gasteiger charge is -2.39. The van der Waals surface area contributed by atoms with Crippen LogP contribution in [0.3, 0.4) is 0 Å². The molecule has 1 aliphatic carbocycles. The van der Waals surface area contributed by atoms with E-state index in [2.05, 4.69) is 22.4 Å². The minimum atomic E-state index is -0.262. The number of nitrogens with one attached hydrogen (secondary N) is 1.